The first kappa shape index (κ1) is 9.48. The molecule has 64 valence electrons. The van der Waals surface area contributed by atoms with E-state index in [9.17, 15) is 0 Å². The molecule has 0 aliphatic rings. The number of aromatic nitrogens is 2. The lowest BCUT2D eigenvalue weighted by Crippen LogP contribution is -1.73. The predicted molar refractivity (Wildman–Crippen MR) is 59.0 cm³/mol. The fraction of sp³-hybridized carbons (Fsp3) is 0.125. The average molecular weight is 198 g/mol. The van der Waals surface area contributed by atoms with E-state index in [2.05, 4.69) is 30.4 Å². The van der Waals surface area contributed by atoms with Crippen molar-refractivity contribution in [1.29, 1.82) is 0 Å². The molecule has 0 amide bonds. The number of hydrogen-bond acceptors (Lipinski definition) is 3. The molecule has 0 spiro atoms. The Labute approximate surface area is 82.6 Å². The molecule has 0 radical (unpaired) electrons. The molecule has 2 rings (SSSR count). The van der Waals surface area contributed by atoms with Gasteiger partial charge in [0.05, 0.1) is 11.0 Å². The first-order valence-electron chi connectivity index (χ1n) is 3.44. The van der Waals surface area contributed by atoms with Gasteiger partial charge in [0.15, 0.2) is 0 Å². The molecule has 1 heterocycles. The van der Waals surface area contributed by atoms with Gasteiger partial charge in [-0.3, -0.25) is 3.97 Å². The van der Waals surface area contributed by atoms with Gasteiger partial charge in [0, 0.05) is 0 Å². The Morgan fingerprint density at radius 3 is 2.58 bits per heavy atom. The van der Waals surface area contributed by atoms with Gasteiger partial charge in [-0.1, -0.05) is 24.9 Å². The molecule has 0 N–H and O–H groups in total. The molecular formula is C8H10N2S2. The van der Waals surface area contributed by atoms with Crippen molar-refractivity contribution < 1.29 is 0 Å². The monoisotopic (exact) mass is 198 g/mol. The largest absolute Gasteiger partial charge is 0.275 e. The van der Waals surface area contributed by atoms with Crippen LogP contribution in [0.25, 0.3) is 11.0 Å². The maximum atomic E-state index is 4.16. The standard InChI is InChI=1S/C7H6N2S.CH4S/c10-9-5-8-6-3-1-2-4-7(6)9;1-2/h1-5,10H;2H,1H3. The van der Waals surface area contributed by atoms with Gasteiger partial charge in [0.25, 0.3) is 0 Å². The Kier molecular flexibility index (Phi) is 3.49. The van der Waals surface area contributed by atoms with E-state index in [4.69, 9.17) is 0 Å². The maximum Gasteiger partial charge on any atom is 0.106 e. The van der Waals surface area contributed by atoms with Gasteiger partial charge in [-0.05, 0) is 18.4 Å². The molecule has 0 aliphatic heterocycles. The highest BCUT2D eigenvalue weighted by atomic mass is 32.1. The van der Waals surface area contributed by atoms with E-state index in [0.29, 0.717) is 0 Å². The van der Waals surface area contributed by atoms with E-state index in [1.165, 1.54) is 0 Å². The van der Waals surface area contributed by atoms with Crippen LogP contribution >= 0.6 is 25.4 Å². The first-order valence-corrected chi connectivity index (χ1v) is 4.73. The molecule has 1 aromatic carbocycles. The smallest absolute Gasteiger partial charge is 0.106 e. The molecule has 0 saturated heterocycles. The fourth-order valence-corrected chi connectivity index (χ4v) is 1.17. The van der Waals surface area contributed by atoms with E-state index in [0.717, 1.165) is 11.0 Å². The third-order valence-corrected chi connectivity index (χ3v) is 1.75. The topological polar surface area (TPSA) is 17.8 Å². The fourth-order valence-electron chi connectivity index (χ4n) is 0.946. The summed E-state index contributed by atoms with van der Waals surface area (Å²) in [5.41, 5.74) is 2.03. The second-order valence-corrected chi connectivity index (χ2v) is 2.51. The molecule has 2 aromatic rings. The lowest BCUT2D eigenvalue weighted by molar-refractivity contribution is 1.28. The Hall–Kier alpha value is -0.610. The normalized spacial score (nSPS) is 9.25. The average Bonchev–Trinajstić information content (AvgIpc) is 2.53. The van der Waals surface area contributed by atoms with E-state index in [1.807, 2.05) is 24.3 Å². The van der Waals surface area contributed by atoms with Gasteiger partial charge in [-0.2, -0.15) is 12.6 Å². The Bertz CT molecular complexity index is 357. The van der Waals surface area contributed by atoms with Crippen molar-refractivity contribution in [2.75, 3.05) is 6.26 Å². The summed E-state index contributed by atoms with van der Waals surface area (Å²) < 4.78 is 1.70. The van der Waals surface area contributed by atoms with Crippen LogP contribution in [0.2, 0.25) is 0 Å². The Morgan fingerprint density at radius 2 is 1.92 bits per heavy atom. The van der Waals surface area contributed by atoms with Crippen LogP contribution in [0.3, 0.4) is 0 Å². The number of benzene rings is 1. The van der Waals surface area contributed by atoms with Crippen molar-refractivity contribution >= 4 is 36.5 Å². The third kappa shape index (κ3) is 1.76. The summed E-state index contributed by atoms with van der Waals surface area (Å²) in [5.74, 6) is 0. The van der Waals surface area contributed by atoms with Crippen LogP contribution in [0, 0.1) is 0 Å². The van der Waals surface area contributed by atoms with E-state index in [-0.39, 0.29) is 0 Å². The number of thiol groups is 2. The van der Waals surface area contributed by atoms with Crippen LogP contribution in [0.5, 0.6) is 0 Å². The molecule has 1 aromatic heterocycles. The van der Waals surface area contributed by atoms with Crippen LogP contribution in [-0.2, 0) is 0 Å². The molecule has 0 atom stereocenters. The molecular weight excluding hydrogens is 188 g/mol. The highest BCUT2D eigenvalue weighted by Gasteiger charge is 1.94. The van der Waals surface area contributed by atoms with E-state index < -0.39 is 0 Å². The van der Waals surface area contributed by atoms with Gasteiger partial charge in [0.1, 0.15) is 6.33 Å². The highest BCUT2D eigenvalue weighted by molar-refractivity contribution is 7.79. The summed E-state index contributed by atoms with van der Waals surface area (Å²) in [6.07, 6.45) is 3.38. The summed E-state index contributed by atoms with van der Waals surface area (Å²) >= 11 is 7.68. The second kappa shape index (κ2) is 4.42. The Morgan fingerprint density at radius 1 is 1.25 bits per heavy atom. The van der Waals surface area contributed by atoms with Crippen LogP contribution in [0.15, 0.2) is 30.6 Å². The molecule has 2 nitrogen and oxygen atoms in total. The molecule has 12 heavy (non-hydrogen) atoms. The summed E-state index contributed by atoms with van der Waals surface area (Å²) in [4.78, 5) is 4.10. The predicted octanol–water partition coefficient (Wildman–Crippen LogP) is 2.28. The quantitative estimate of drug-likeness (QED) is 0.621. The van der Waals surface area contributed by atoms with Gasteiger partial charge < -0.3 is 0 Å². The summed E-state index contributed by atoms with van der Waals surface area (Å²) in [5, 5.41) is 0. The number of rotatable bonds is 0. The van der Waals surface area contributed by atoms with Gasteiger partial charge in [-0.25, -0.2) is 4.98 Å². The zero-order valence-corrected chi connectivity index (χ0v) is 8.46. The molecule has 4 heteroatoms. The highest BCUT2D eigenvalue weighted by Crippen LogP contribution is 2.11. The second-order valence-electron chi connectivity index (χ2n) is 2.08. The zero-order chi connectivity index (χ0) is 8.97. The van der Waals surface area contributed by atoms with Crippen molar-refractivity contribution in [1.82, 2.24) is 8.96 Å². The first-order chi connectivity index (χ1) is 5.88. The number of imidazole rings is 1. The van der Waals surface area contributed by atoms with Crippen LogP contribution in [0.1, 0.15) is 0 Å². The van der Waals surface area contributed by atoms with Gasteiger partial charge in [0.2, 0.25) is 0 Å². The summed E-state index contributed by atoms with van der Waals surface area (Å²) in [6, 6.07) is 7.87. The Balaban J connectivity index is 0.000000336. The van der Waals surface area contributed by atoms with Crippen molar-refractivity contribution in [3.8, 4) is 0 Å². The van der Waals surface area contributed by atoms with Crippen LogP contribution in [-0.4, -0.2) is 15.2 Å². The molecule has 0 aliphatic carbocycles. The van der Waals surface area contributed by atoms with Gasteiger partial charge in [-0.15, -0.1) is 0 Å². The number of nitrogens with zero attached hydrogens (tertiary/aromatic N) is 2. The molecule has 0 bridgehead atoms. The molecule has 0 fully saturated rings. The maximum absolute atomic E-state index is 4.16. The minimum Gasteiger partial charge on any atom is -0.275 e. The molecule has 0 unspecified atom stereocenters. The zero-order valence-electron chi connectivity index (χ0n) is 6.68. The number of fused-ring (bicyclic) bond motifs is 1. The third-order valence-electron chi connectivity index (χ3n) is 1.43. The minimum absolute atomic E-state index is 0.984. The van der Waals surface area contributed by atoms with Crippen LogP contribution in [0.4, 0.5) is 0 Å². The van der Waals surface area contributed by atoms with Crippen molar-refractivity contribution in [2.24, 2.45) is 0 Å². The lowest BCUT2D eigenvalue weighted by Gasteiger charge is -1.88. The van der Waals surface area contributed by atoms with E-state index >= 15 is 0 Å². The van der Waals surface area contributed by atoms with Crippen molar-refractivity contribution in [3.63, 3.8) is 0 Å². The number of hydrogen-bond donors (Lipinski definition) is 2. The molecule has 0 saturated carbocycles. The lowest BCUT2D eigenvalue weighted by atomic mass is 10.3. The van der Waals surface area contributed by atoms with Crippen LogP contribution < -0.4 is 0 Å². The number of para-hydroxylation sites is 2. The van der Waals surface area contributed by atoms with Crippen molar-refractivity contribution in [2.45, 2.75) is 0 Å². The minimum atomic E-state index is 0.984. The SMILES string of the molecule is CS.Sn1cnc2ccccc21. The van der Waals surface area contributed by atoms with Crippen molar-refractivity contribution in [3.05, 3.63) is 30.6 Å². The van der Waals surface area contributed by atoms with E-state index in [1.54, 1.807) is 16.6 Å². The van der Waals surface area contributed by atoms with Gasteiger partial charge >= 0.3 is 0 Å². The summed E-state index contributed by atoms with van der Waals surface area (Å²) in [6.45, 7) is 0. The summed E-state index contributed by atoms with van der Waals surface area (Å²) in [7, 11) is 0.